The van der Waals surface area contributed by atoms with Crippen molar-refractivity contribution in [3.8, 4) is 0 Å². The van der Waals surface area contributed by atoms with E-state index in [2.05, 4.69) is 68.4 Å². The number of fused-ring (bicyclic) bond motifs is 3. The molecule has 56 heavy (non-hydrogen) atoms. The number of nitrogens with one attached hydrogen (secondary N) is 3. The van der Waals surface area contributed by atoms with Crippen LogP contribution in [0.2, 0.25) is 0 Å². The van der Waals surface area contributed by atoms with Crippen molar-refractivity contribution in [1.29, 1.82) is 0 Å². The number of rotatable bonds is 9. The highest BCUT2D eigenvalue weighted by atomic mass is 19.3. The number of para-hydroxylation sites is 1. The average Bonchev–Trinajstić information content (AvgIpc) is 3.77. The van der Waals surface area contributed by atoms with Crippen LogP contribution in [0.5, 0.6) is 0 Å². The third kappa shape index (κ3) is 7.55. The van der Waals surface area contributed by atoms with Gasteiger partial charge in [0.25, 0.3) is 6.43 Å². The molecule has 4 saturated heterocycles. The molecular weight excluding hydrogens is 711 g/mol. The lowest BCUT2D eigenvalue weighted by molar-refractivity contribution is -0.122. The molecule has 5 aliphatic heterocycles. The van der Waals surface area contributed by atoms with E-state index >= 15 is 0 Å². The first-order valence-corrected chi connectivity index (χ1v) is 20.6. The molecule has 0 unspecified atom stereocenters. The van der Waals surface area contributed by atoms with Crippen LogP contribution in [-0.4, -0.2) is 101 Å². The number of carbonyl (C=O) groups is 1. The Kier molecular flexibility index (Phi) is 10.3. The molecule has 0 bridgehead atoms. The Balaban J connectivity index is 0.765. The summed E-state index contributed by atoms with van der Waals surface area (Å²) >= 11 is 0. The van der Waals surface area contributed by atoms with Crippen molar-refractivity contribution in [2.75, 3.05) is 56.1 Å². The van der Waals surface area contributed by atoms with Gasteiger partial charge < -0.3 is 30.2 Å². The quantitative estimate of drug-likeness (QED) is 0.167. The highest BCUT2D eigenvalue weighted by Gasteiger charge is 2.44. The molecule has 2 aromatic heterocycles. The molecule has 1 spiro atoms. The fraction of sp³-hybridized carbons (Fsp3) is 0.523. The standard InChI is InChI=1S/C44H54F2N8O2/c1-28-7-12-38(42(55)49-28)50-34-10-8-31(9-11-34)32-13-17-52(18-14-32)25-30-22-44(56-27-30)15-19-53(20-16-44)43-47-23-33(24-48-43)41-40-36(21-29(2)54(41)26-39(45)46)35-5-3-4-6-37(35)51-40/h3-6,8-11,23-24,29-30,32,38-39,41,50-51H,1,7,12-22,25-27H2,2H3,(H,49,55)/t29-,30+,38-,41-/m1/s1. The second-order valence-corrected chi connectivity index (χ2v) is 17.0. The maximum atomic E-state index is 13.9. The molecule has 0 radical (unpaired) electrons. The zero-order chi connectivity index (χ0) is 38.4. The van der Waals surface area contributed by atoms with E-state index in [9.17, 15) is 13.6 Å². The summed E-state index contributed by atoms with van der Waals surface area (Å²) in [6, 6.07) is 16.3. The van der Waals surface area contributed by atoms with E-state index in [0.717, 1.165) is 118 Å². The number of hydrogen-bond acceptors (Lipinski definition) is 8. The van der Waals surface area contributed by atoms with E-state index in [4.69, 9.17) is 14.7 Å². The summed E-state index contributed by atoms with van der Waals surface area (Å²) in [5, 5.41) is 7.40. The number of amides is 1. The number of benzene rings is 2. The number of H-pyrrole nitrogens is 1. The van der Waals surface area contributed by atoms with Crippen LogP contribution in [0.4, 0.5) is 20.4 Å². The normalized spacial score (nSPS) is 26.2. The summed E-state index contributed by atoms with van der Waals surface area (Å²) < 4.78 is 34.3. The number of aromatic nitrogens is 3. The van der Waals surface area contributed by atoms with Gasteiger partial charge in [0.05, 0.1) is 24.8 Å². The second kappa shape index (κ2) is 15.5. The smallest absolute Gasteiger partial charge is 0.251 e. The molecule has 9 rings (SSSR count). The number of aromatic amines is 1. The first-order valence-electron chi connectivity index (χ1n) is 20.6. The molecule has 1 amide bonds. The molecule has 7 heterocycles. The van der Waals surface area contributed by atoms with Crippen molar-refractivity contribution in [2.45, 2.75) is 94.4 Å². The highest BCUT2D eigenvalue weighted by Crippen LogP contribution is 2.42. The van der Waals surface area contributed by atoms with Crippen LogP contribution < -0.4 is 15.5 Å². The Bertz CT molecular complexity index is 2020. The minimum absolute atomic E-state index is 0.00153. The van der Waals surface area contributed by atoms with Gasteiger partial charge in [0.1, 0.15) is 6.04 Å². The van der Waals surface area contributed by atoms with Crippen LogP contribution in [-0.2, 0) is 16.0 Å². The van der Waals surface area contributed by atoms with E-state index in [1.807, 2.05) is 36.4 Å². The zero-order valence-corrected chi connectivity index (χ0v) is 32.4. The van der Waals surface area contributed by atoms with Gasteiger partial charge in [-0.05, 0) is 113 Å². The number of piperidine rings is 3. The van der Waals surface area contributed by atoms with Crippen LogP contribution >= 0.6 is 0 Å². The lowest BCUT2D eigenvalue weighted by atomic mass is 9.84. The van der Waals surface area contributed by atoms with E-state index in [1.54, 1.807) is 0 Å². The van der Waals surface area contributed by atoms with Gasteiger partial charge in [0.2, 0.25) is 11.9 Å². The van der Waals surface area contributed by atoms with Crippen molar-refractivity contribution in [2.24, 2.45) is 5.92 Å². The second-order valence-electron chi connectivity index (χ2n) is 17.0. The molecule has 3 N–H and O–H groups in total. The van der Waals surface area contributed by atoms with Crippen molar-refractivity contribution < 1.29 is 18.3 Å². The van der Waals surface area contributed by atoms with Crippen molar-refractivity contribution in [3.05, 3.63) is 95.6 Å². The van der Waals surface area contributed by atoms with Crippen LogP contribution in [0.25, 0.3) is 10.9 Å². The molecule has 0 aliphatic carbocycles. The van der Waals surface area contributed by atoms with Crippen molar-refractivity contribution >= 4 is 28.4 Å². The van der Waals surface area contributed by atoms with Crippen LogP contribution in [0.3, 0.4) is 0 Å². The molecule has 4 atom stereocenters. The Labute approximate surface area is 328 Å². The molecule has 0 saturated carbocycles. The van der Waals surface area contributed by atoms with E-state index < -0.39 is 6.43 Å². The number of allylic oxidation sites excluding steroid dienone is 1. The summed E-state index contributed by atoms with van der Waals surface area (Å²) in [6.45, 7) is 11.4. The lowest BCUT2D eigenvalue weighted by Crippen LogP contribution is -2.45. The molecule has 4 fully saturated rings. The van der Waals surface area contributed by atoms with Crippen LogP contribution in [0, 0.1) is 5.92 Å². The summed E-state index contributed by atoms with van der Waals surface area (Å²) in [4.78, 5) is 32.3. The third-order valence-electron chi connectivity index (χ3n) is 13.3. The number of nitrogens with zero attached hydrogens (tertiary/aromatic N) is 5. The Morgan fingerprint density at radius 1 is 1.00 bits per heavy atom. The fourth-order valence-electron chi connectivity index (χ4n) is 10.2. The maximum absolute atomic E-state index is 13.9. The molecule has 296 valence electrons. The highest BCUT2D eigenvalue weighted by molar-refractivity contribution is 5.87. The molecule has 4 aromatic rings. The summed E-state index contributed by atoms with van der Waals surface area (Å²) in [5.74, 6) is 1.79. The Hall–Kier alpha value is -4.39. The maximum Gasteiger partial charge on any atom is 0.251 e. The monoisotopic (exact) mass is 764 g/mol. The molecule has 2 aromatic carbocycles. The van der Waals surface area contributed by atoms with Gasteiger partial charge in [0, 0.05) is 71.6 Å². The minimum atomic E-state index is -2.43. The van der Waals surface area contributed by atoms with E-state index in [-0.39, 0.29) is 36.2 Å². The number of alkyl halides is 2. The molecule has 12 heteroatoms. The van der Waals surface area contributed by atoms with Gasteiger partial charge in [-0.3, -0.25) is 9.69 Å². The van der Waals surface area contributed by atoms with E-state index in [1.165, 1.54) is 11.1 Å². The summed E-state index contributed by atoms with van der Waals surface area (Å²) in [6.07, 6.45) is 8.84. The van der Waals surface area contributed by atoms with Crippen molar-refractivity contribution in [1.82, 2.24) is 30.1 Å². The van der Waals surface area contributed by atoms with Crippen LogP contribution in [0.1, 0.15) is 86.2 Å². The number of halogens is 2. The van der Waals surface area contributed by atoms with Gasteiger partial charge in [-0.1, -0.05) is 36.9 Å². The number of ether oxygens (including phenoxy) is 1. The van der Waals surface area contributed by atoms with Gasteiger partial charge in [-0.15, -0.1) is 0 Å². The first kappa shape index (κ1) is 37.2. The molecule has 10 nitrogen and oxygen atoms in total. The first-order chi connectivity index (χ1) is 27.2. The summed E-state index contributed by atoms with van der Waals surface area (Å²) in [5.41, 5.74) is 7.11. The number of hydrogen-bond donors (Lipinski definition) is 3. The fourth-order valence-corrected chi connectivity index (χ4v) is 10.2. The molecule has 5 aliphatic rings. The SMILES string of the molecule is C=C1CC[C@@H](Nc2ccc(C3CCN(C[C@H]4COC5(CCN(c6ncc([C@@H]7c8[nH]c9ccccc9c8C[C@@H](C)N7CC(F)F)cn6)CC5)C4)CC3)cc2)C(=O)N1. The largest absolute Gasteiger partial charge is 0.375 e. The topological polar surface area (TPSA) is 102 Å². The minimum Gasteiger partial charge on any atom is -0.375 e. The van der Waals surface area contributed by atoms with Gasteiger partial charge in [0.15, 0.2) is 0 Å². The Morgan fingerprint density at radius 3 is 2.48 bits per heavy atom. The van der Waals surface area contributed by atoms with E-state index in [0.29, 0.717) is 24.2 Å². The van der Waals surface area contributed by atoms with Crippen molar-refractivity contribution in [3.63, 3.8) is 0 Å². The number of carbonyl (C=O) groups excluding carboxylic acids is 1. The zero-order valence-electron chi connectivity index (χ0n) is 32.4. The predicted molar refractivity (Wildman–Crippen MR) is 215 cm³/mol. The lowest BCUT2D eigenvalue weighted by Gasteiger charge is -2.41. The predicted octanol–water partition coefficient (Wildman–Crippen LogP) is 7.02. The number of anilines is 2. The number of likely N-dealkylation sites (tertiary alicyclic amines) is 1. The van der Waals surface area contributed by atoms with Gasteiger partial charge >= 0.3 is 0 Å². The van der Waals surface area contributed by atoms with Gasteiger partial charge in [-0.25, -0.2) is 18.7 Å². The van der Waals surface area contributed by atoms with Gasteiger partial charge in [-0.2, -0.15) is 0 Å². The Morgan fingerprint density at radius 2 is 1.75 bits per heavy atom. The third-order valence-corrected chi connectivity index (χ3v) is 13.3. The summed E-state index contributed by atoms with van der Waals surface area (Å²) in [7, 11) is 0. The molecular formula is C44H54F2N8O2. The van der Waals surface area contributed by atoms with Crippen LogP contribution in [0.15, 0.2) is 73.2 Å². The average molecular weight is 765 g/mol.